The second kappa shape index (κ2) is 14.2. The highest BCUT2D eigenvalue weighted by molar-refractivity contribution is 6.31. The standard InChI is InChI=1S/C30H33ClFN7O3/c31-29-22(7-3-10-26(29)32)12-33-17-28(40)37-23(8-4-9-24-14-34-15-25-16-35-19-39(24)25)18-42-30(41)38-27-11-20-5-1-2-6-21(20)13-36-27/h1-3,5-7,10-11,13,16,19,23-24,33-34H,4,8-9,12,14-15,17-18H2,(H,37,40)(H,36,38,41)/t23-,24?/m0/s1. The molecule has 2 aromatic carbocycles. The van der Waals surface area contributed by atoms with E-state index in [-0.39, 0.29) is 36.7 Å². The van der Waals surface area contributed by atoms with Crippen LogP contribution in [0.25, 0.3) is 10.8 Å². The minimum atomic E-state index is -0.657. The van der Waals surface area contributed by atoms with Crippen LogP contribution in [-0.2, 0) is 22.6 Å². The van der Waals surface area contributed by atoms with Crippen molar-refractivity contribution >= 4 is 40.2 Å². The Hall–Kier alpha value is -4.06. The molecule has 42 heavy (non-hydrogen) atoms. The van der Waals surface area contributed by atoms with Crippen LogP contribution in [0.15, 0.2) is 67.3 Å². The molecule has 0 spiro atoms. The van der Waals surface area contributed by atoms with Crippen molar-refractivity contribution in [3.05, 3.63) is 89.3 Å². The molecule has 12 heteroatoms. The van der Waals surface area contributed by atoms with E-state index in [2.05, 4.69) is 35.8 Å². The van der Waals surface area contributed by atoms with E-state index in [4.69, 9.17) is 16.3 Å². The van der Waals surface area contributed by atoms with E-state index in [0.717, 1.165) is 42.4 Å². The molecular formula is C30H33ClFN7O3. The number of aromatic nitrogens is 3. The van der Waals surface area contributed by atoms with Crippen molar-refractivity contribution in [2.45, 2.75) is 44.4 Å². The zero-order valence-corrected chi connectivity index (χ0v) is 23.7. The molecule has 1 unspecified atom stereocenters. The van der Waals surface area contributed by atoms with Gasteiger partial charge in [-0.15, -0.1) is 0 Å². The fourth-order valence-electron chi connectivity index (χ4n) is 5.04. The third kappa shape index (κ3) is 7.81. The molecule has 2 amide bonds. The Bertz CT molecular complexity index is 1530. The predicted molar refractivity (Wildman–Crippen MR) is 159 cm³/mol. The van der Waals surface area contributed by atoms with Gasteiger partial charge in [0, 0.05) is 43.5 Å². The monoisotopic (exact) mass is 593 g/mol. The Kier molecular flexibility index (Phi) is 9.96. The number of halogens is 2. The largest absolute Gasteiger partial charge is 0.447 e. The first kappa shape index (κ1) is 29.4. The normalized spacial score (nSPS) is 15.1. The van der Waals surface area contributed by atoms with E-state index >= 15 is 0 Å². The lowest BCUT2D eigenvalue weighted by atomic mass is 10.0. The maximum atomic E-state index is 13.7. The van der Waals surface area contributed by atoms with Gasteiger partial charge < -0.3 is 25.3 Å². The van der Waals surface area contributed by atoms with E-state index in [9.17, 15) is 14.0 Å². The fraction of sp³-hybridized carbons (Fsp3) is 0.333. The molecule has 0 aliphatic carbocycles. The lowest BCUT2D eigenvalue weighted by Gasteiger charge is -2.27. The van der Waals surface area contributed by atoms with E-state index in [1.165, 1.54) is 6.07 Å². The Labute approximate surface area is 248 Å². The van der Waals surface area contributed by atoms with Crippen LogP contribution in [-0.4, -0.2) is 52.3 Å². The number of benzene rings is 2. The van der Waals surface area contributed by atoms with Crippen molar-refractivity contribution in [3.63, 3.8) is 0 Å². The molecule has 0 radical (unpaired) electrons. The van der Waals surface area contributed by atoms with Crippen LogP contribution < -0.4 is 21.3 Å². The van der Waals surface area contributed by atoms with Crippen LogP contribution in [0, 0.1) is 5.82 Å². The molecule has 1 aliphatic heterocycles. The first-order valence-electron chi connectivity index (χ1n) is 13.9. The van der Waals surface area contributed by atoms with Gasteiger partial charge in [0.2, 0.25) is 5.91 Å². The lowest BCUT2D eigenvalue weighted by molar-refractivity contribution is -0.121. The summed E-state index contributed by atoms with van der Waals surface area (Å²) in [5, 5.41) is 14.0. The number of hydrogen-bond acceptors (Lipinski definition) is 7. The number of carbonyl (C=O) groups is 2. The third-order valence-electron chi connectivity index (χ3n) is 7.19. The van der Waals surface area contributed by atoms with Crippen LogP contribution in [0.2, 0.25) is 5.02 Å². The molecule has 2 atom stereocenters. The molecule has 4 N–H and O–H groups in total. The highest BCUT2D eigenvalue weighted by Crippen LogP contribution is 2.22. The first-order chi connectivity index (χ1) is 20.5. The van der Waals surface area contributed by atoms with Crippen molar-refractivity contribution in [1.29, 1.82) is 0 Å². The van der Waals surface area contributed by atoms with Crippen LogP contribution >= 0.6 is 11.6 Å². The van der Waals surface area contributed by atoms with Crippen molar-refractivity contribution in [2.24, 2.45) is 0 Å². The van der Waals surface area contributed by atoms with Crippen molar-refractivity contribution < 1.29 is 18.7 Å². The number of rotatable bonds is 12. The summed E-state index contributed by atoms with van der Waals surface area (Å²) in [6, 6.07) is 13.9. The summed E-state index contributed by atoms with van der Waals surface area (Å²) < 4.78 is 21.4. The van der Waals surface area contributed by atoms with Gasteiger partial charge in [-0.05, 0) is 42.3 Å². The van der Waals surface area contributed by atoms with Crippen molar-refractivity contribution in [3.8, 4) is 0 Å². The SMILES string of the molecule is O=C(CNCc1cccc(F)c1Cl)N[C@@H](CCCC1CNCc2cncn21)COC(=O)Nc1cc2ccccc2cn1. The predicted octanol–water partition coefficient (Wildman–Crippen LogP) is 4.56. The minimum Gasteiger partial charge on any atom is -0.447 e. The molecular weight excluding hydrogens is 561 g/mol. The van der Waals surface area contributed by atoms with Gasteiger partial charge in [-0.3, -0.25) is 10.1 Å². The molecule has 0 bridgehead atoms. The molecule has 0 fully saturated rings. The second-order valence-electron chi connectivity index (χ2n) is 10.2. The van der Waals surface area contributed by atoms with Crippen LogP contribution in [0.1, 0.15) is 36.6 Å². The minimum absolute atomic E-state index is 0.0124. The van der Waals surface area contributed by atoms with Gasteiger partial charge in [-0.25, -0.2) is 19.2 Å². The summed E-state index contributed by atoms with van der Waals surface area (Å²) in [7, 11) is 0. The molecule has 220 valence electrons. The highest BCUT2D eigenvalue weighted by atomic mass is 35.5. The first-order valence-corrected chi connectivity index (χ1v) is 14.3. The number of amides is 2. The number of ether oxygens (including phenoxy) is 1. The molecule has 2 aromatic heterocycles. The zero-order valence-electron chi connectivity index (χ0n) is 23.0. The van der Waals surface area contributed by atoms with Gasteiger partial charge in [0.05, 0.1) is 29.6 Å². The zero-order chi connectivity index (χ0) is 29.3. The summed E-state index contributed by atoms with van der Waals surface area (Å²) in [5.74, 6) is -0.407. The Morgan fingerprint density at radius 1 is 1.17 bits per heavy atom. The number of anilines is 1. The number of imidazole rings is 1. The van der Waals surface area contributed by atoms with Crippen molar-refractivity contribution in [1.82, 2.24) is 30.5 Å². The summed E-state index contributed by atoms with van der Waals surface area (Å²) in [6.45, 7) is 1.83. The smallest absolute Gasteiger partial charge is 0.412 e. The Balaban J connectivity index is 1.14. The van der Waals surface area contributed by atoms with E-state index in [0.29, 0.717) is 17.8 Å². The maximum Gasteiger partial charge on any atom is 0.412 e. The van der Waals surface area contributed by atoms with Gasteiger partial charge >= 0.3 is 6.09 Å². The number of carbonyl (C=O) groups excluding carboxylic acids is 2. The van der Waals surface area contributed by atoms with Gasteiger partial charge in [-0.1, -0.05) is 48.0 Å². The molecule has 1 aliphatic rings. The second-order valence-corrected chi connectivity index (χ2v) is 10.6. The topological polar surface area (TPSA) is 122 Å². The van der Waals surface area contributed by atoms with Crippen LogP contribution in [0.5, 0.6) is 0 Å². The average molecular weight is 594 g/mol. The summed E-state index contributed by atoms with van der Waals surface area (Å²) in [6.07, 6.45) is 7.00. The van der Waals surface area contributed by atoms with Crippen LogP contribution in [0.3, 0.4) is 0 Å². The summed E-state index contributed by atoms with van der Waals surface area (Å²) in [5.41, 5.74) is 1.70. The number of nitrogens with one attached hydrogen (secondary N) is 4. The average Bonchev–Trinajstić information content (AvgIpc) is 3.48. The quantitative estimate of drug-likeness (QED) is 0.190. The van der Waals surface area contributed by atoms with Crippen LogP contribution in [0.4, 0.5) is 15.0 Å². The molecule has 5 rings (SSSR count). The summed E-state index contributed by atoms with van der Waals surface area (Å²) in [4.78, 5) is 33.9. The molecule has 3 heterocycles. The maximum absolute atomic E-state index is 13.7. The molecule has 10 nitrogen and oxygen atoms in total. The Morgan fingerprint density at radius 2 is 2.02 bits per heavy atom. The van der Waals surface area contributed by atoms with E-state index in [1.54, 1.807) is 24.4 Å². The lowest BCUT2D eigenvalue weighted by Crippen LogP contribution is -2.43. The summed E-state index contributed by atoms with van der Waals surface area (Å²) >= 11 is 6.01. The van der Waals surface area contributed by atoms with E-state index < -0.39 is 18.0 Å². The number of nitrogens with zero attached hydrogens (tertiary/aromatic N) is 3. The molecule has 0 saturated carbocycles. The van der Waals surface area contributed by atoms with Gasteiger partial charge in [0.15, 0.2) is 0 Å². The van der Waals surface area contributed by atoms with Crippen molar-refractivity contribution in [2.75, 3.05) is 25.0 Å². The number of fused-ring (bicyclic) bond motifs is 2. The Morgan fingerprint density at radius 3 is 2.90 bits per heavy atom. The number of hydrogen-bond donors (Lipinski definition) is 4. The van der Waals surface area contributed by atoms with Gasteiger partial charge in [0.25, 0.3) is 0 Å². The fourth-order valence-corrected chi connectivity index (χ4v) is 5.24. The third-order valence-corrected chi connectivity index (χ3v) is 7.61. The highest BCUT2D eigenvalue weighted by Gasteiger charge is 2.21. The number of pyridine rings is 1. The van der Waals surface area contributed by atoms with Gasteiger partial charge in [-0.2, -0.15) is 0 Å². The van der Waals surface area contributed by atoms with E-state index in [1.807, 2.05) is 36.8 Å². The molecule has 4 aromatic rings. The van der Waals surface area contributed by atoms with Gasteiger partial charge in [0.1, 0.15) is 18.2 Å². The molecule has 0 saturated heterocycles.